The second-order valence-electron chi connectivity index (χ2n) is 5.85. The topological polar surface area (TPSA) is 64.4 Å². The third-order valence-corrected chi connectivity index (χ3v) is 4.45. The van der Waals surface area contributed by atoms with Gasteiger partial charge < -0.3 is 15.8 Å². The summed E-state index contributed by atoms with van der Waals surface area (Å²) in [5.41, 5.74) is 6.89. The Morgan fingerprint density at radius 3 is 2.71 bits per heavy atom. The summed E-state index contributed by atoms with van der Waals surface area (Å²) in [7, 11) is 1.56. The summed E-state index contributed by atoms with van der Waals surface area (Å²) < 4.78 is 5.27. The predicted molar refractivity (Wildman–Crippen MR) is 85.5 cm³/mol. The number of nitrogens with two attached hydrogens (primary N) is 1. The van der Waals surface area contributed by atoms with Crippen molar-refractivity contribution in [1.82, 2.24) is 5.32 Å². The standard InChI is InChI=1S/C17H26N2O2/c1-3-15(12-7-5-4-6-8-12)19-17(20)14-10-9-13(18)11-16(14)21-2/h9-12,15H,3-8,18H2,1-2H3,(H,19,20). The largest absolute Gasteiger partial charge is 0.496 e. The number of hydrogen-bond acceptors (Lipinski definition) is 3. The molecule has 21 heavy (non-hydrogen) atoms. The fourth-order valence-corrected chi connectivity index (χ4v) is 3.23. The number of ether oxygens (including phenoxy) is 1. The number of carbonyl (C=O) groups excluding carboxylic acids is 1. The Kier molecular flexibility index (Phi) is 5.48. The summed E-state index contributed by atoms with van der Waals surface area (Å²) in [6.45, 7) is 2.14. The van der Waals surface area contributed by atoms with Gasteiger partial charge in [-0.1, -0.05) is 26.2 Å². The Balaban J connectivity index is 2.08. The number of anilines is 1. The van der Waals surface area contributed by atoms with Gasteiger partial charge in [-0.3, -0.25) is 4.79 Å². The number of amides is 1. The van der Waals surface area contributed by atoms with Crippen molar-refractivity contribution in [2.45, 2.75) is 51.5 Å². The Morgan fingerprint density at radius 2 is 2.10 bits per heavy atom. The first-order chi connectivity index (χ1) is 10.2. The molecule has 1 aromatic rings. The molecule has 0 aliphatic heterocycles. The normalized spacial score (nSPS) is 17.2. The molecule has 0 heterocycles. The van der Waals surface area contributed by atoms with Crippen molar-refractivity contribution in [3.8, 4) is 5.75 Å². The van der Waals surface area contributed by atoms with Crippen LogP contribution in [0, 0.1) is 5.92 Å². The highest BCUT2D eigenvalue weighted by atomic mass is 16.5. The minimum Gasteiger partial charge on any atom is -0.496 e. The Hall–Kier alpha value is -1.71. The van der Waals surface area contributed by atoms with Crippen LogP contribution in [0.1, 0.15) is 55.8 Å². The maximum atomic E-state index is 12.5. The lowest BCUT2D eigenvalue weighted by molar-refractivity contribution is 0.0908. The van der Waals surface area contributed by atoms with Gasteiger partial charge in [0.1, 0.15) is 5.75 Å². The minimum atomic E-state index is -0.0655. The first-order valence-corrected chi connectivity index (χ1v) is 7.90. The molecule has 4 heteroatoms. The lowest BCUT2D eigenvalue weighted by atomic mass is 9.83. The van der Waals surface area contributed by atoms with E-state index in [1.807, 2.05) is 0 Å². The highest BCUT2D eigenvalue weighted by Gasteiger charge is 2.25. The predicted octanol–water partition coefficient (Wildman–Crippen LogP) is 3.37. The lowest BCUT2D eigenvalue weighted by Gasteiger charge is -2.30. The zero-order chi connectivity index (χ0) is 15.2. The van der Waals surface area contributed by atoms with Crippen molar-refractivity contribution >= 4 is 11.6 Å². The molecule has 0 saturated heterocycles. The third-order valence-electron chi connectivity index (χ3n) is 4.45. The zero-order valence-corrected chi connectivity index (χ0v) is 13.0. The van der Waals surface area contributed by atoms with Crippen molar-refractivity contribution in [3.05, 3.63) is 23.8 Å². The van der Waals surface area contributed by atoms with E-state index < -0.39 is 0 Å². The minimum absolute atomic E-state index is 0.0655. The second kappa shape index (κ2) is 7.34. The number of nitrogen functional groups attached to an aromatic ring is 1. The van der Waals surface area contributed by atoms with E-state index in [9.17, 15) is 4.79 Å². The molecule has 1 fully saturated rings. The molecule has 0 aromatic heterocycles. The average molecular weight is 290 g/mol. The van der Waals surface area contributed by atoms with E-state index in [0.717, 1.165) is 6.42 Å². The Morgan fingerprint density at radius 1 is 1.38 bits per heavy atom. The third kappa shape index (κ3) is 3.90. The van der Waals surface area contributed by atoms with Crippen LogP contribution in [-0.2, 0) is 0 Å². The van der Waals surface area contributed by atoms with Gasteiger partial charge in [0.2, 0.25) is 0 Å². The van der Waals surface area contributed by atoms with Crippen LogP contribution in [0.2, 0.25) is 0 Å². The molecule has 1 aliphatic rings. The maximum Gasteiger partial charge on any atom is 0.255 e. The van der Waals surface area contributed by atoms with Crippen LogP contribution in [-0.4, -0.2) is 19.1 Å². The van der Waals surface area contributed by atoms with Gasteiger partial charge in [-0.15, -0.1) is 0 Å². The summed E-state index contributed by atoms with van der Waals surface area (Å²) in [6.07, 6.45) is 7.29. The van der Waals surface area contributed by atoms with Crippen molar-refractivity contribution in [2.24, 2.45) is 5.92 Å². The van der Waals surface area contributed by atoms with Gasteiger partial charge >= 0.3 is 0 Å². The number of carbonyl (C=O) groups is 1. The van der Waals surface area contributed by atoms with Crippen LogP contribution < -0.4 is 15.8 Å². The lowest BCUT2D eigenvalue weighted by Crippen LogP contribution is -2.40. The summed E-state index contributed by atoms with van der Waals surface area (Å²) in [5.74, 6) is 1.07. The summed E-state index contributed by atoms with van der Waals surface area (Å²) in [4.78, 5) is 12.5. The van der Waals surface area contributed by atoms with Crippen LogP contribution >= 0.6 is 0 Å². The van der Waals surface area contributed by atoms with E-state index in [1.165, 1.54) is 32.1 Å². The van der Waals surface area contributed by atoms with E-state index >= 15 is 0 Å². The SMILES string of the molecule is CCC(NC(=O)c1ccc(N)cc1OC)C1CCCCC1. The molecule has 3 N–H and O–H groups in total. The number of methoxy groups -OCH3 is 1. The monoisotopic (exact) mass is 290 g/mol. The van der Waals surface area contributed by atoms with Crippen molar-refractivity contribution < 1.29 is 9.53 Å². The zero-order valence-electron chi connectivity index (χ0n) is 13.0. The molecule has 0 spiro atoms. The highest BCUT2D eigenvalue weighted by Crippen LogP contribution is 2.28. The molecule has 0 radical (unpaired) electrons. The van der Waals surface area contributed by atoms with E-state index in [0.29, 0.717) is 22.9 Å². The molecule has 1 amide bonds. The van der Waals surface area contributed by atoms with Gasteiger partial charge in [0, 0.05) is 17.8 Å². The summed E-state index contributed by atoms with van der Waals surface area (Å²) >= 11 is 0. The smallest absolute Gasteiger partial charge is 0.255 e. The van der Waals surface area contributed by atoms with Crippen LogP contribution in [0.15, 0.2) is 18.2 Å². The molecular formula is C17H26N2O2. The number of benzene rings is 1. The number of nitrogens with one attached hydrogen (secondary N) is 1. The molecule has 1 atom stereocenters. The average Bonchev–Trinajstić information content (AvgIpc) is 2.53. The molecule has 1 unspecified atom stereocenters. The van der Waals surface area contributed by atoms with Crippen LogP contribution in [0.3, 0.4) is 0 Å². The van der Waals surface area contributed by atoms with Crippen LogP contribution in [0.25, 0.3) is 0 Å². The first kappa shape index (κ1) is 15.7. The van der Waals surface area contributed by atoms with Gasteiger partial charge in [-0.25, -0.2) is 0 Å². The van der Waals surface area contributed by atoms with Crippen LogP contribution in [0.5, 0.6) is 5.75 Å². The van der Waals surface area contributed by atoms with E-state index in [1.54, 1.807) is 25.3 Å². The van der Waals surface area contributed by atoms with Gasteiger partial charge in [-0.2, -0.15) is 0 Å². The van der Waals surface area contributed by atoms with Gasteiger partial charge in [0.25, 0.3) is 5.91 Å². The van der Waals surface area contributed by atoms with E-state index in [-0.39, 0.29) is 11.9 Å². The molecule has 4 nitrogen and oxygen atoms in total. The van der Waals surface area contributed by atoms with Crippen molar-refractivity contribution in [1.29, 1.82) is 0 Å². The summed E-state index contributed by atoms with van der Waals surface area (Å²) in [6, 6.07) is 5.41. The molecule has 1 saturated carbocycles. The molecule has 1 aromatic carbocycles. The highest BCUT2D eigenvalue weighted by molar-refractivity contribution is 5.97. The molecule has 1 aliphatic carbocycles. The first-order valence-electron chi connectivity index (χ1n) is 7.90. The van der Waals surface area contributed by atoms with Crippen molar-refractivity contribution in [2.75, 3.05) is 12.8 Å². The van der Waals surface area contributed by atoms with E-state index in [2.05, 4.69) is 12.2 Å². The quantitative estimate of drug-likeness (QED) is 0.817. The number of hydrogen-bond donors (Lipinski definition) is 2. The molecule has 2 rings (SSSR count). The fraction of sp³-hybridized carbons (Fsp3) is 0.588. The van der Waals surface area contributed by atoms with Crippen molar-refractivity contribution in [3.63, 3.8) is 0 Å². The fourth-order valence-electron chi connectivity index (χ4n) is 3.23. The number of rotatable bonds is 5. The molecular weight excluding hydrogens is 264 g/mol. The van der Waals surface area contributed by atoms with E-state index in [4.69, 9.17) is 10.5 Å². The van der Waals surface area contributed by atoms with Crippen LogP contribution in [0.4, 0.5) is 5.69 Å². The summed E-state index contributed by atoms with van der Waals surface area (Å²) in [5, 5.41) is 3.19. The second-order valence-corrected chi connectivity index (χ2v) is 5.85. The van der Waals surface area contributed by atoms with Gasteiger partial charge in [0.05, 0.1) is 12.7 Å². The Bertz CT molecular complexity index is 482. The maximum absolute atomic E-state index is 12.5. The van der Waals surface area contributed by atoms with Gasteiger partial charge in [-0.05, 0) is 37.3 Å². The van der Waals surface area contributed by atoms with Gasteiger partial charge in [0.15, 0.2) is 0 Å². The molecule has 116 valence electrons. The Labute approximate surface area is 127 Å². The molecule has 0 bridgehead atoms.